The van der Waals surface area contributed by atoms with E-state index >= 15 is 0 Å². The minimum Gasteiger partial charge on any atom is -0.491 e. The molecule has 194 valence electrons. The molecule has 0 unspecified atom stereocenters. The Hall–Kier alpha value is -3.81. The number of nitrogens with one attached hydrogen (secondary N) is 2. The van der Waals surface area contributed by atoms with E-state index in [1.54, 1.807) is 19.2 Å². The lowest BCUT2D eigenvalue weighted by molar-refractivity contribution is -0.133. The zero-order chi connectivity index (χ0) is 25.8. The minimum atomic E-state index is -0.490. The molecular weight excluding hydrogens is 468 g/mol. The molecule has 0 spiro atoms. The van der Waals surface area contributed by atoms with Crippen molar-refractivity contribution in [2.24, 2.45) is 5.41 Å². The van der Waals surface area contributed by atoms with Crippen molar-refractivity contribution in [1.29, 1.82) is 0 Å². The number of benzene rings is 2. The SMILES string of the molecule is CNC(=O)C12CCCCN(C(=O)c3ccc4[nH]ccc4c3)CCOc3ccccc3C(=O)N(CC1)CC2. The number of H-pyrrole nitrogens is 1. The molecule has 1 aromatic heterocycles. The summed E-state index contributed by atoms with van der Waals surface area (Å²) >= 11 is 0. The van der Waals surface area contributed by atoms with Crippen LogP contribution in [0.3, 0.4) is 0 Å². The topological polar surface area (TPSA) is 94.7 Å². The van der Waals surface area contributed by atoms with Gasteiger partial charge in [0.1, 0.15) is 12.4 Å². The summed E-state index contributed by atoms with van der Waals surface area (Å²) in [5.41, 5.74) is 1.65. The molecule has 3 aliphatic rings. The van der Waals surface area contributed by atoms with Crippen LogP contribution in [0.4, 0.5) is 0 Å². The summed E-state index contributed by atoms with van der Waals surface area (Å²) in [7, 11) is 1.68. The van der Waals surface area contributed by atoms with Gasteiger partial charge in [-0.1, -0.05) is 18.6 Å². The van der Waals surface area contributed by atoms with E-state index in [1.807, 2.05) is 52.4 Å². The molecule has 3 aliphatic heterocycles. The third-order valence-corrected chi connectivity index (χ3v) is 7.87. The molecule has 0 radical (unpaired) electrons. The smallest absolute Gasteiger partial charge is 0.257 e. The summed E-state index contributed by atoms with van der Waals surface area (Å²) in [5, 5.41) is 3.85. The summed E-state index contributed by atoms with van der Waals surface area (Å²) in [6.45, 7) is 2.32. The first-order valence-electron chi connectivity index (χ1n) is 13.1. The average molecular weight is 503 g/mol. The Balaban J connectivity index is 1.41. The first-order chi connectivity index (χ1) is 18.0. The number of hydrogen-bond donors (Lipinski definition) is 2. The van der Waals surface area contributed by atoms with E-state index in [-0.39, 0.29) is 24.3 Å². The van der Waals surface area contributed by atoms with Crippen molar-refractivity contribution in [3.05, 3.63) is 65.9 Å². The average Bonchev–Trinajstić information content (AvgIpc) is 3.41. The van der Waals surface area contributed by atoms with E-state index in [2.05, 4.69) is 10.3 Å². The van der Waals surface area contributed by atoms with Crippen LogP contribution in [-0.2, 0) is 4.79 Å². The predicted molar refractivity (Wildman–Crippen MR) is 142 cm³/mol. The molecule has 8 heteroatoms. The summed E-state index contributed by atoms with van der Waals surface area (Å²) in [6.07, 6.45) is 5.46. The standard InChI is InChI=1S/C29H34N4O4/c1-30-28(36)29-11-4-5-15-32(26(34)22-8-9-24-21(20-22)10-14-31-24)18-19-37-25-7-3-2-6-23(25)27(35)33(16-12-29)17-13-29/h2-3,6-10,14,20,31H,4-5,11-13,15-19H2,1H3,(H,30,36). The van der Waals surface area contributed by atoms with Gasteiger partial charge in [0, 0.05) is 49.3 Å². The first kappa shape index (κ1) is 24.9. The van der Waals surface area contributed by atoms with Crippen LogP contribution in [0.5, 0.6) is 5.75 Å². The fourth-order valence-corrected chi connectivity index (χ4v) is 5.65. The molecule has 4 heterocycles. The third kappa shape index (κ3) is 5.05. The highest BCUT2D eigenvalue weighted by atomic mass is 16.5. The number of amides is 3. The fourth-order valence-electron chi connectivity index (χ4n) is 5.65. The Morgan fingerprint density at radius 2 is 1.78 bits per heavy atom. The van der Waals surface area contributed by atoms with Crippen molar-refractivity contribution in [2.75, 3.05) is 39.8 Å². The van der Waals surface area contributed by atoms with Gasteiger partial charge < -0.3 is 24.8 Å². The van der Waals surface area contributed by atoms with Crippen molar-refractivity contribution in [2.45, 2.75) is 32.1 Å². The van der Waals surface area contributed by atoms with Gasteiger partial charge in [0.05, 0.1) is 17.5 Å². The molecule has 6 rings (SSSR count). The number of aromatic nitrogens is 1. The normalized spacial score (nSPS) is 18.5. The lowest BCUT2D eigenvalue weighted by atomic mass is 9.73. The highest BCUT2D eigenvalue weighted by Crippen LogP contribution is 2.38. The van der Waals surface area contributed by atoms with Gasteiger partial charge in [-0.05, 0) is 62.1 Å². The number of carbonyl (C=O) groups is 3. The maximum absolute atomic E-state index is 13.5. The van der Waals surface area contributed by atoms with Gasteiger partial charge in [-0.15, -0.1) is 0 Å². The number of piperidine rings is 1. The second-order valence-corrected chi connectivity index (χ2v) is 10.0. The van der Waals surface area contributed by atoms with Gasteiger partial charge in [0.2, 0.25) is 5.91 Å². The van der Waals surface area contributed by atoms with Gasteiger partial charge in [-0.3, -0.25) is 14.4 Å². The van der Waals surface area contributed by atoms with Crippen LogP contribution in [0.2, 0.25) is 0 Å². The van der Waals surface area contributed by atoms with Crippen molar-refractivity contribution >= 4 is 28.6 Å². The monoisotopic (exact) mass is 502 g/mol. The quantitative estimate of drug-likeness (QED) is 0.557. The third-order valence-electron chi connectivity index (χ3n) is 7.87. The maximum Gasteiger partial charge on any atom is 0.257 e. The molecule has 2 N–H and O–H groups in total. The second kappa shape index (κ2) is 10.7. The number of hydrogen-bond acceptors (Lipinski definition) is 4. The molecule has 3 amide bonds. The van der Waals surface area contributed by atoms with E-state index < -0.39 is 5.41 Å². The molecule has 0 aliphatic carbocycles. The predicted octanol–water partition coefficient (Wildman–Crippen LogP) is 3.84. The Labute approximate surface area is 217 Å². The molecular formula is C29H34N4O4. The Morgan fingerprint density at radius 3 is 2.59 bits per heavy atom. The molecule has 1 fully saturated rings. The number of carbonyl (C=O) groups excluding carboxylic acids is 3. The van der Waals surface area contributed by atoms with E-state index in [1.165, 1.54) is 0 Å². The Kier molecular flexibility index (Phi) is 7.17. The lowest BCUT2D eigenvalue weighted by Gasteiger charge is -2.40. The largest absolute Gasteiger partial charge is 0.491 e. The fraction of sp³-hybridized carbons (Fsp3) is 0.414. The summed E-state index contributed by atoms with van der Waals surface area (Å²) in [6, 6.07) is 14.9. The van der Waals surface area contributed by atoms with Crippen LogP contribution in [0, 0.1) is 5.41 Å². The number of fused-ring (bicyclic) bond motifs is 10. The van der Waals surface area contributed by atoms with Gasteiger partial charge in [0.15, 0.2) is 0 Å². The van der Waals surface area contributed by atoms with Crippen LogP contribution >= 0.6 is 0 Å². The van der Waals surface area contributed by atoms with Gasteiger partial charge in [-0.2, -0.15) is 0 Å². The van der Waals surface area contributed by atoms with E-state index in [9.17, 15) is 14.4 Å². The highest BCUT2D eigenvalue weighted by molar-refractivity contribution is 5.98. The molecule has 8 nitrogen and oxygen atoms in total. The van der Waals surface area contributed by atoms with Crippen LogP contribution in [0.1, 0.15) is 52.8 Å². The summed E-state index contributed by atoms with van der Waals surface area (Å²) < 4.78 is 6.08. The number of rotatable bonds is 2. The number of ether oxygens (including phenoxy) is 1. The molecule has 2 bridgehead atoms. The molecule has 3 aromatic rings. The van der Waals surface area contributed by atoms with Crippen molar-refractivity contribution < 1.29 is 19.1 Å². The van der Waals surface area contributed by atoms with E-state index in [0.29, 0.717) is 55.9 Å². The van der Waals surface area contributed by atoms with Gasteiger partial charge >= 0.3 is 0 Å². The van der Waals surface area contributed by atoms with Crippen LogP contribution in [-0.4, -0.2) is 72.3 Å². The van der Waals surface area contributed by atoms with Gasteiger partial charge in [0.25, 0.3) is 11.8 Å². The number of nitrogens with zero attached hydrogens (tertiary/aromatic N) is 2. The number of aromatic amines is 1. The lowest BCUT2D eigenvalue weighted by Crippen LogP contribution is -2.49. The zero-order valence-electron chi connectivity index (χ0n) is 21.3. The molecule has 0 atom stereocenters. The molecule has 1 saturated heterocycles. The summed E-state index contributed by atoms with van der Waals surface area (Å²) in [5.74, 6) is 0.434. The van der Waals surface area contributed by atoms with Crippen molar-refractivity contribution in [3.63, 3.8) is 0 Å². The van der Waals surface area contributed by atoms with E-state index in [0.717, 1.165) is 30.2 Å². The second-order valence-electron chi connectivity index (χ2n) is 10.0. The van der Waals surface area contributed by atoms with Crippen LogP contribution < -0.4 is 10.1 Å². The molecule has 2 aromatic carbocycles. The zero-order valence-corrected chi connectivity index (χ0v) is 21.3. The maximum atomic E-state index is 13.5. The van der Waals surface area contributed by atoms with Crippen molar-refractivity contribution in [1.82, 2.24) is 20.1 Å². The Morgan fingerprint density at radius 1 is 0.973 bits per heavy atom. The van der Waals surface area contributed by atoms with Crippen LogP contribution in [0.15, 0.2) is 54.7 Å². The van der Waals surface area contributed by atoms with Crippen molar-refractivity contribution in [3.8, 4) is 5.75 Å². The number of para-hydroxylation sites is 1. The van der Waals surface area contributed by atoms with Crippen LogP contribution in [0.25, 0.3) is 10.9 Å². The van der Waals surface area contributed by atoms with Gasteiger partial charge in [-0.25, -0.2) is 0 Å². The highest BCUT2D eigenvalue weighted by Gasteiger charge is 2.41. The first-order valence-corrected chi connectivity index (χ1v) is 13.1. The summed E-state index contributed by atoms with van der Waals surface area (Å²) in [4.78, 5) is 46.7. The Bertz CT molecular complexity index is 1290. The molecule has 37 heavy (non-hydrogen) atoms. The van der Waals surface area contributed by atoms with E-state index in [4.69, 9.17) is 4.74 Å². The molecule has 0 saturated carbocycles. The minimum absolute atomic E-state index is 0.0420.